The molecule has 0 aliphatic heterocycles. The van der Waals surface area contributed by atoms with Gasteiger partial charge in [-0.2, -0.15) is 0 Å². The molecule has 5 heteroatoms. The van der Waals surface area contributed by atoms with Crippen molar-refractivity contribution in [2.45, 2.75) is 19.1 Å². The lowest BCUT2D eigenvalue weighted by Gasteiger charge is -2.20. The van der Waals surface area contributed by atoms with Crippen molar-refractivity contribution in [2.75, 3.05) is 20.1 Å². The summed E-state index contributed by atoms with van der Waals surface area (Å²) in [5.41, 5.74) is 5.73. The second kappa shape index (κ2) is 6.64. The molecule has 0 saturated carbocycles. The van der Waals surface area contributed by atoms with Crippen LogP contribution in [0.25, 0.3) is 0 Å². The highest BCUT2D eigenvalue weighted by molar-refractivity contribution is 5.18. The van der Waals surface area contributed by atoms with Crippen LogP contribution in [0.3, 0.4) is 0 Å². The van der Waals surface area contributed by atoms with E-state index in [0.717, 1.165) is 6.07 Å². The lowest BCUT2D eigenvalue weighted by molar-refractivity contribution is 0.116. The van der Waals surface area contributed by atoms with Gasteiger partial charge in [-0.3, -0.25) is 4.90 Å². The highest BCUT2D eigenvalue weighted by Gasteiger charge is 2.10. The van der Waals surface area contributed by atoms with Crippen LogP contribution in [0, 0.1) is 11.6 Å². The van der Waals surface area contributed by atoms with E-state index in [9.17, 15) is 13.9 Å². The van der Waals surface area contributed by atoms with Crippen molar-refractivity contribution in [3.8, 4) is 0 Å². The Labute approximate surface area is 99.8 Å². The van der Waals surface area contributed by atoms with Gasteiger partial charge in [-0.05, 0) is 26.1 Å². The van der Waals surface area contributed by atoms with E-state index in [4.69, 9.17) is 5.73 Å². The van der Waals surface area contributed by atoms with Gasteiger partial charge >= 0.3 is 0 Å². The van der Waals surface area contributed by atoms with Crippen molar-refractivity contribution in [3.05, 3.63) is 35.4 Å². The molecule has 0 aliphatic carbocycles. The van der Waals surface area contributed by atoms with Gasteiger partial charge in [-0.15, -0.1) is 0 Å². The minimum atomic E-state index is -0.586. The first-order valence-corrected chi connectivity index (χ1v) is 5.53. The molecular formula is C12H18F2N2O. The Morgan fingerprint density at radius 3 is 2.71 bits per heavy atom. The van der Waals surface area contributed by atoms with Crippen molar-refractivity contribution in [3.63, 3.8) is 0 Å². The third-order valence-corrected chi connectivity index (χ3v) is 2.48. The molecule has 1 atom stereocenters. The lowest BCUT2D eigenvalue weighted by Crippen LogP contribution is -2.30. The molecule has 0 bridgehead atoms. The number of rotatable bonds is 6. The maximum atomic E-state index is 13.3. The molecule has 3 N–H and O–H groups in total. The highest BCUT2D eigenvalue weighted by atomic mass is 19.1. The van der Waals surface area contributed by atoms with Crippen LogP contribution < -0.4 is 5.73 Å². The Bertz CT molecular complexity index is 360. The van der Waals surface area contributed by atoms with Gasteiger partial charge < -0.3 is 10.8 Å². The number of nitrogens with zero attached hydrogens (tertiary/aromatic N) is 1. The molecule has 1 unspecified atom stereocenters. The standard InChI is InChI=1S/C12H18F2N2O/c1-16(8-11(17)4-5-15)7-9-2-3-10(13)6-12(9)14/h2-3,6,11,17H,4-5,7-8,15H2,1H3. The maximum absolute atomic E-state index is 13.3. The summed E-state index contributed by atoms with van der Waals surface area (Å²) < 4.78 is 26.0. The summed E-state index contributed by atoms with van der Waals surface area (Å²) in [4.78, 5) is 1.77. The van der Waals surface area contributed by atoms with E-state index in [1.807, 2.05) is 0 Å². The molecule has 1 aromatic carbocycles. The number of nitrogens with two attached hydrogens (primary N) is 1. The average Bonchev–Trinajstić information content (AvgIpc) is 2.22. The maximum Gasteiger partial charge on any atom is 0.130 e. The number of halogens is 2. The van der Waals surface area contributed by atoms with Crippen LogP contribution in [0.15, 0.2) is 18.2 Å². The third-order valence-electron chi connectivity index (χ3n) is 2.48. The zero-order valence-corrected chi connectivity index (χ0v) is 9.87. The van der Waals surface area contributed by atoms with Gasteiger partial charge in [0, 0.05) is 24.7 Å². The first-order valence-electron chi connectivity index (χ1n) is 5.53. The molecule has 0 saturated heterocycles. The Morgan fingerprint density at radius 2 is 2.12 bits per heavy atom. The summed E-state index contributed by atoms with van der Waals surface area (Å²) in [6.07, 6.45) is -0.00974. The average molecular weight is 244 g/mol. The SMILES string of the molecule is CN(Cc1ccc(F)cc1F)CC(O)CCN. The number of likely N-dealkylation sites (N-methyl/N-ethyl adjacent to an activating group) is 1. The van der Waals surface area contributed by atoms with Crippen LogP contribution in [0.5, 0.6) is 0 Å². The fraction of sp³-hybridized carbons (Fsp3) is 0.500. The monoisotopic (exact) mass is 244 g/mol. The molecule has 3 nitrogen and oxygen atoms in total. The van der Waals surface area contributed by atoms with Gasteiger partial charge in [0.15, 0.2) is 0 Å². The lowest BCUT2D eigenvalue weighted by atomic mass is 10.2. The van der Waals surface area contributed by atoms with Crippen LogP contribution in [-0.2, 0) is 6.54 Å². The zero-order valence-electron chi connectivity index (χ0n) is 9.87. The molecule has 17 heavy (non-hydrogen) atoms. The van der Waals surface area contributed by atoms with Gasteiger partial charge in [0.2, 0.25) is 0 Å². The van der Waals surface area contributed by atoms with Gasteiger partial charge in [0.1, 0.15) is 11.6 Å². The molecule has 1 aromatic rings. The molecule has 1 rings (SSSR count). The second-order valence-electron chi connectivity index (χ2n) is 4.16. The summed E-state index contributed by atoms with van der Waals surface area (Å²) in [6.45, 7) is 1.15. The number of benzene rings is 1. The van der Waals surface area contributed by atoms with Gasteiger partial charge in [0.05, 0.1) is 6.10 Å². The Kier molecular flexibility index (Phi) is 5.47. The summed E-state index contributed by atoms with van der Waals surface area (Å²) in [5.74, 6) is -1.15. The number of hydrogen-bond acceptors (Lipinski definition) is 3. The fourth-order valence-electron chi connectivity index (χ4n) is 1.65. The van der Waals surface area contributed by atoms with Crippen molar-refractivity contribution in [2.24, 2.45) is 5.73 Å². The normalized spacial score (nSPS) is 13.1. The molecule has 0 aliphatic rings. The van der Waals surface area contributed by atoms with Gasteiger partial charge in [-0.1, -0.05) is 6.07 Å². The predicted octanol–water partition coefficient (Wildman–Crippen LogP) is 1.11. The van der Waals surface area contributed by atoms with Crippen molar-refractivity contribution >= 4 is 0 Å². The minimum Gasteiger partial charge on any atom is -0.392 e. The Hall–Kier alpha value is -1.04. The summed E-state index contributed by atoms with van der Waals surface area (Å²) >= 11 is 0. The number of aliphatic hydroxyl groups is 1. The van der Waals surface area contributed by atoms with E-state index in [-0.39, 0.29) is 0 Å². The molecule has 0 amide bonds. The Balaban J connectivity index is 2.52. The van der Waals surface area contributed by atoms with E-state index in [1.165, 1.54) is 12.1 Å². The largest absolute Gasteiger partial charge is 0.392 e. The third kappa shape index (κ3) is 4.77. The fourth-order valence-corrected chi connectivity index (χ4v) is 1.65. The molecular weight excluding hydrogens is 226 g/mol. The first-order chi connectivity index (χ1) is 8.02. The van der Waals surface area contributed by atoms with E-state index in [2.05, 4.69) is 0 Å². The van der Waals surface area contributed by atoms with Crippen LogP contribution >= 0.6 is 0 Å². The number of hydrogen-bond donors (Lipinski definition) is 2. The van der Waals surface area contributed by atoms with Crippen molar-refractivity contribution < 1.29 is 13.9 Å². The second-order valence-corrected chi connectivity index (χ2v) is 4.16. The molecule has 0 aromatic heterocycles. The van der Waals surface area contributed by atoms with E-state index in [0.29, 0.717) is 31.6 Å². The molecule has 0 radical (unpaired) electrons. The number of aliphatic hydroxyl groups excluding tert-OH is 1. The van der Waals surface area contributed by atoms with Crippen molar-refractivity contribution in [1.82, 2.24) is 4.90 Å². The summed E-state index contributed by atoms with van der Waals surface area (Å²) in [7, 11) is 1.77. The predicted molar refractivity (Wildman–Crippen MR) is 62.4 cm³/mol. The molecule has 0 spiro atoms. The first kappa shape index (κ1) is 14.0. The molecule has 0 heterocycles. The van der Waals surface area contributed by atoms with Crippen LogP contribution in [-0.4, -0.2) is 36.2 Å². The summed E-state index contributed by atoms with van der Waals surface area (Å²) in [5, 5.41) is 9.54. The molecule has 0 fully saturated rings. The topological polar surface area (TPSA) is 49.5 Å². The van der Waals surface area contributed by atoms with Crippen LogP contribution in [0.1, 0.15) is 12.0 Å². The van der Waals surface area contributed by atoms with E-state index in [1.54, 1.807) is 11.9 Å². The van der Waals surface area contributed by atoms with Gasteiger partial charge in [-0.25, -0.2) is 8.78 Å². The smallest absolute Gasteiger partial charge is 0.130 e. The highest BCUT2D eigenvalue weighted by Crippen LogP contribution is 2.11. The van der Waals surface area contributed by atoms with Gasteiger partial charge in [0.25, 0.3) is 0 Å². The van der Waals surface area contributed by atoms with Crippen LogP contribution in [0.2, 0.25) is 0 Å². The molecule has 96 valence electrons. The minimum absolute atomic E-state index is 0.327. The Morgan fingerprint density at radius 1 is 1.41 bits per heavy atom. The van der Waals surface area contributed by atoms with Crippen molar-refractivity contribution in [1.29, 1.82) is 0 Å². The van der Waals surface area contributed by atoms with Crippen LogP contribution in [0.4, 0.5) is 8.78 Å². The summed E-state index contributed by atoms with van der Waals surface area (Å²) in [6, 6.07) is 3.50. The zero-order chi connectivity index (χ0) is 12.8. The van der Waals surface area contributed by atoms with E-state index < -0.39 is 17.7 Å². The quantitative estimate of drug-likeness (QED) is 0.788. The van der Waals surface area contributed by atoms with E-state index >= 15 is 0 Å².